The van der Waals surface area contributed by atoms with E-state index in [0.717, 1.165) is 11.3 Å². The summed E-state index contributed by atoms with van der Waals surface area (Å²) < 4.78 is 23.0. The molecule has 10 nitrogen and oxygen atoms in total. The van der Waals surface area contributed by atoms with Gasteiger partial charge in [-0.25, -0.2) is 9.79 Å². The number of aromatic nitrogens is 1. The number of hydrogen-bond acceptors (Lipinski definition) is 10. The lowest BCUT2D eigenvalue weighted by Crippen LogP contribution is -2.40. The normalized spacial score (nSPS) is 14.8. The topological polar surface area (TPSA) is 122 Å². The van der Waals surface area contributed by atoms with Gasteiger partial charge in [0.1, 0.15) is 5.75 Å². The lowest BCUT2D eigenvalue weighted by molar-refractivity contribution is -0.139. The molecule has 4 rings (SSSR count). The molecule has 2 aromatic carbocycles. The van der Waals surface area contributed by atoms with Crippen molar-refractivity contribution in [1.29, 1.82) is 0 Å². The number of para-hydroxylation sites is 1. The number of carbonyl (C=O) groups is 3. The van der Waals surface area contributed by atoms with E-state index in [9.17, 15) is 19.2 Å². The molecule has 1 aliphatic rings. The monoisotopic (exact) mass is 550 g/mol. The number of allylic oxidation sites excluding steroid dienone is 1. The van der Waals surface area contributed by atoms with Crippen molar-refractivity contribution >= 4 is 35.3 Å². The van der Waals surface area contributed by atoms with Crippen molar-refractivity contribution in [3.05, 3.63) is 84.5 Å². The standard InChI is InChI=1S/C28H26N2O8S/c1-6-36-27(34)24-15(2)29-28-30(25(24)19-11-12-21(38-17(4)32)22(13-19)35-5)26(33)23(39-28)14-18-9-7-8-10-20(18)37-16(3)31/h7-14,25H,6H2,1-5H3/b23-14+. The van der Waals surface area contributed by atoms with Crippen molar-refractivity contribution in [3.8, 4) is 17.2 Å². The number of fused-ring (bicyclic) bond motifs is 1. The molecule has 1 aromatic heterocycles. The number of benzene rings is 2. The second-order valence-electron chi connectivity index (χ2n) is 8.44. The van der Waals surface area contributed by atoms with Gasteiger partial charge in [-0.1, -0.05) is 35.6 Å². The van der Waals surface area contributed by atoms with E-state index in [1.54, 1.807) is 62.4 Å². The summed E-state index contributed by atoms with van der Waals surface area (Å²) in [5, 5.41) is 0. The van der Waals surface area contributed by atoms with E-state index in [1.165, 1.54) is 25.5 Å². The number of hydrogen-bond donors (Lipinski definition) is 0. The number of esters is 3. The number of ether oxygens (including phenoxy) is 4. The first-order valence-electron chi connectivity index (χ1n) is 12.0. The van der Waals surface area contributed by atoms with Crippen LogP contribution in [0.3, 0.4) is 0 Å². The molecule has 0 radical (unpaired) electrons. The third kappa shape index (κ3) is 5.68. The Balaban J connectivity index is 1.95. The molecule has 0 saturated heterocycles. The molecule has 0 amide bonds. The van der Waals surface area contributed by atoms with Crippen molar-refractivity contribution in [1.82, 2.24) is 4.57 Å². The van der Waals surface area contributed by atoms with Gasteiger partial charge < -0.3 is 18.9 Å². The molecule has 1 atom stereocenters. The van der Waals surface area contributed by atoms with E-state index in [2.05, 4.69) is 4.99 Å². The van der Waals surface area contributed by atoms with Crippen LogP contribution in [-0.4, -0.2) is 36.2 Å². The van der Waals surface area contributed by atoms with E-state index >= 15 is 0 Å². The van der Waals surface area contributed by atoms with Crippen LogP contribution in [0.1, 0.15) is 44.9 Å². The van der Waals surface area contributed by atoms with Crippen LogP contribution in [0.2, 0.25) is 0 Å². The van der Waals surface area contributed by atoms with Crippen LogP contribution in [-0.2, 0) is 19.1 Å². The molecular weight excluding hydrogens is 524 g/mol. The Bertz CT molecular complexity index is 1680. The third-order valence-corrected chi connectivity index (χ3v) is 6.72. The summed E-state index contributed by atoms with van der Waals surface area (Å²) in [5.74, 6) is -0.869. The number of thiazole rings is 1. The maximum Gasteiger partial charge on any atom is 0.338 e. The fourth-order valence-electron chi connectivity index (χ4n) is 4.19. The van der Waals surface area contributed by atoms with E-state index < -0.39 is 29.5 Å². The predicted octanol–water partition coefficient (Wildman–Crippen LogP) is 2.66. The highest BCUT2D eigenvalue weighted by Gasteiger charge is 2.34. The first kappa shape index (κ1) is 27.5. The lowest BCUT2D eigenvalue weighted by Gasteiger charge is -2.25. The molecule has 0 saturated carbocycles. The summed E-state index contributed by atoms with van der Waals surface area (Å²) in [4.78, 5) is 55.0. The Labute approximate surface area is 227 Å². The molecule has 0 bridgehead atoms. The summed E-state index contributed by atoms with van der Waals surface area (Å²) in [6, 6.07) is 10.7. The molecule has 3 aromatic rings. The van der Waals surface area contributed by atoms with Crippen molar-refractivity contribution in [2.45, 2.75) is 33.7 Å². The van der Waals surface area contributed by atoms with Gasteiger partial charge in [-0.2, -0.15) is 0 Å². The largest absolute Gasteiger partial charge is 0.493 e. The third-order valence-electron chi connectivity index (χ3n) is 5.73. The van der Waals surface area contributed by atoms with Crippen molar-refractivity contribution in [2.24, 2.45) is 4.99 Å². The molecule has 39 heavy (non-hydrogen) atoms. The quantitative estimate of drug-likeness (QED) is 0.325. The van der Waals surface area contributed by atoms with Crippen LogP contribution in [0.15, 0.2) is 63.5 Å². The zero-order valence-corrected chi connectivity index (χ0v) is 22.8. The Morgan fingerprint density at radius 1 is 1.03 bits per heavy atom. The van der Waals surface area contributed by atoms with E-state index in [4.69, 9.17) is 18.9 Å². The number of carbonyl (C=O) groups excluding carboxylic acids is 3. The molecule has 0 fully saturated rings. The molecule has 202 valence electrons. The van der Waals surface area contributed by atoms with Gasteiger partial charge in [0.15, 0.2) is 16.3 Å². The zero-order chi connectivity index (χ0) is 28.3. The van der Waals surface area contributed by atoms with Gasteiger partial charge in [0.2, 0.25) is 0 Å². The fourth-order valence-corrected chi connectivity index (χ4v) is 5.23. The Morgan fingerprint density at radius 2 is 1.72 bits per heavy atom. The molecular formula is C28H26N2O8S. The minimum absolute atomic E-state index is 0.133. The van der Waals surface area contributed by atoms with Gasteiger partial charge in [-0.3, -0.25) is 19.0 Å². The van der Waals surface area contributed by atoms with Gasteiger partial charge in [0.05, 0.1) is 35.6 Å². The molecule has 2 heterocycles. The van der Waals surface area contributed by atoms with E-state index in [0.29, 0.717) is 31.9 Å². The number of methoxy groups -OCH3 is 1. The maximum absolute atomic E-state index is 13.8. The fraction of sp³-hybridized carbons (Fsp3) is 0.250. The average Bonchev–Trinajstić information content (AvgIpc) is 3.18. The second kappa shape index (κ2) is 11.5. The number of rotatable bonds is 7. The Hall–Kier alpha value is -4.51. The van der Waals surface area contributed by atoms with E-state index in [1.807, 2.05) is 0 Å². The van der Waals surface area contributed by atoms with Gasteiger partial charge in [-0.15, -0.1) is 0 Å². The van der Waals surface area contributed by atoms with Gasteiger partial charge >= 0.3 is 17.9 Å². The highest BCUT2D eigenvalue weighted by atomic mass is 32.1. The summed E-state index contributed by atoms with van der Waals surface area (Å²) in [6.45, 7) is 6.07. The first-order valence-corrected chi connectivity index (χ1v) is 12.8. The van der Waals surface area contributed by atoms with Crippen LogP contribution < -0.4 is 29.1 Å². The van der Waals surface area contributed by atoms with Gasteiger partial charge in [0.25, 0.3) is 5.56 Å². The second-order valence-corrected chi connectivity index (χ2v) is 9.45. The molecule has 0 aliphatic carbocycles. The number of nitrogens with zero attached hydrogens (tertiary/aromatic N) is 2. The SMILES string of the molecule is CCOC(=O)C1=C(C)N=c2s/c(=C/c3ccccc3OC(C)=O)c(=O)n2C1c1ccc(OC(C)=O)c(OC)c1. The highest BCUT2D eigenvalue weighted by Crippen LogP contribution is 2.36. The lowest BCUT2D eigenvalue weighted by atomic mass is 9.95. The van der Waals surface area contributed by atoms with Gasteiger partial charge in [0, 0.05) is 19.4 Å². The first-order chi connectivity index (χ1) is 18.6. The summed E-state index contributed by atoms with van der Waals surface area (Å²) in [6.07, 6.45) is 1.62. The van der Waals surface area contributed by atoms with Crippen LogP contribution in [0, 0.1) is 0 Å². The molecule has 1 aliphatic heterocycles. The summed E-state index contributed by atoms with van der Waals surface area (Å²) >= 11 is 1.14. The minimum Gasteiger partial charge on any atom is -0.493 e. The molecule has 11 heteroatoms. The molecule has 0 N–H and O–H groups in total. The Kier molecular flexibility index (Phi) is 8.10. The smallest absolute Gasteiger partial charge is 0.338 e. The van der Waals surface area contributed by atoms with Crippen LogP contribution in [0.4, 0.5) is 0 Å². The molecule has 0 spiro atoms. The van der Waals surface area contributed by atoms with Crippen LogP contribution in [0.25, 0.3) is 6.08 Å². The van der Waals surface area contributed by atoms with Crippen molar-refractivity contribution < 1.29 is 33.3 Å². The van der Waals surface area contributed by atoms with Gasteiger partial charge in [-0.05, 0) is 43.7 Å². The predicted molar refractivity (Wildman–Crippen MR) is 142 cm³/mol. The Morgan fingerprint density at radius 3 is 2.38 bits per heavy atom. The summed E-state index contributed by atoms with van der Waals surface area (Å²) in [7, 11) is 1.42. The molecule has 1 unspecified atom stereocenters. The maximum atomic E-state index is 13.8. The minimum atomic E-state index is -0.897. The van der Waals surface area contributed by atoms with Crippen LogP contribution >= 0.6 is 11.3 Å². The van der Waals surface area contributed by atoms with Crippen molar-refractivity contribution in [3.63, 3.8) is 0 Å². The van der Waals surface area contributed by atoms with Crippen molar-refractivity contribution in [2.75, 3.05) is 13.7 Å². The van der Waals surface area contributed by atoms with Crippen LogP contribution in [0.5, 0.6) is 17.2 Å². The summed E-state index contributed by atoms with van der Waals surface area (Å²) in [5.41, 5.74) is 1.24. The average molecular weight is 551 g/mol. The zero-order valence-electron chi connectivity index (χ0n) is 22.0. The van der Waals surface area contributed by atoms with E-state index in [-0.39, 0.29) is 23.7 Å². The highest BCUT2D eigenvalue weighted by molar-refractivity contribution is 7.07.